The number of carbonyl (C=O) groups is 1. The van der Waals surface area contributed by atoms with Crippen LogP contribution in [0.3, 0.4) is 0 Å². The van der Waals surface area contributed by atoms with Crippen LogP contribution >= 0.6 is 0 Å². The Hall–Kier alpha value is -6.05. The zero-order valence-corrected chi connectivity index (χ0v) is 29.6. The molecule has 0 amide bonds. The van der Waals surface area contributed by atoms with Crippen molar-refractivity contribution in [1.82, 2.24) is 0 Å². The van der Waals surface area contributed by atoms with E-state index < -0.39 is 18.1 Å². The van der Waals surface area contributed by atoms with Crippen molar-refractivity contribution in [2.24, 2.45) is 0 Å². The fraction of sp³-hybridized carbons (Fsp3) is 0.196. The second kappa shape index (κ2) is 17.4. The van der Waals surface area contributed by atoms with E-state index in [4.69, 9.17) is 28.4 Å². The highest BCUT2D eigenvalue weighted by Crippen LogP contribution is 2.51. The lowest BCUT2D eigenvalue weighted by molar-refractivity contribution is -0.143. The topological polar surface area (TPSA) is 72.5 Å². The molecule has 0 radical (unpaired) electrons. The van der Waals surface area contributed by atoms with Crippen molar-refractivity contribution in [3.63, 3.8) is 0 Å². The molecule has 0 aliphatic carbocycles. The summed E-state index contributed by atoms with van der Waals surface area (Å²) in [6, 6.07) is 51.6. The number of fused-ring (bicyclic) bond motifs is 1. The van der Waals surface area contributed by atoms with E-state index in [0.717, 1.165) is 39.1 Å². The van der Waals surface area contributed by atoms with Gasteiger partial charge in [-0.2, -0.15) is 0 Å². The fourth-order valence-electron chi connectivity index (χ4n) is 6.50. The van der Waals surface area contributed by atoms with Gasteiger partial charge in [0.15, 0.2) is 6.10 Å². The van der Waals surface area contributed by atoms with Gasteiger partial charge in [-0.15, -0.1) is 0 Å². The molecule has 0 spiro atoms. The zero-order chi connectivity index (χ0) is 36.2. The van der Waals surface area contributed by atoms with Gasteiger partial charge in [-0.3, -0.25) is 4.79 Å². The van der Waals surface area contributed by atoms with Crippen molar-refractivity contribution in [3.05, 3.63) is 191 Å². The molecule has 6 aromatic carbocycles. The van der Waals surface area contributed by atoms with Crippen LogP contribution in [0.1, 0.15) is 51.8 Å². The summed E-state index contributed by atoms with van der Waals surface area (Å²) in [5, 5.41) is 0. The molecule has 0 saturated carbocycles. The van der Waals surface area contributed by atoms with E-state index in [2.05, 4.69) is 0 Å². The molecular weight excluding hydrogens is 664 g/mol. The van der Waals surface area contributed by atoms with Crippen LogP contribution in [0.5, 0.6) is 23.0 Å². The van der Waals surface area contributed by atoms with E-state index in [-0.39, 0.29) is 12.4 Å². The zero-order valence-electron chi connectivity index (χ0n) is 29.6. The van der Waals surface area contributed by atoms with Gasteiger partial charge in [-0.25, -0.2) is 0 Å². The molecule has 0 N–H and O–H groups in total. The van der Waals surface area contributed by atoms with Crippen molar-refractivity contribution >= 4 is 5.97 Å². The Morgan fingerprint density at radius 3 is 1.58 bits per heavy atom. The molecule has 7 nitrogen and oxygen atoms in total. The van der Waals surface area contributed by atoms with Crippen LogP contribution in [0.2, 0.25) is 0 Å². The van der Waals surface area contributed by atoms with Crippen LogP contribution < -0.4 is 18.9 Å². The third-order valence-corrected chi connectivity index (χ3v) is 9.24. The Balaban J connectivity index is 1.27. The van der Waals surface area contributed by atoms with Crippen LogP contribution in [0.25, 0.3) is 0 Å². The van der Waals surface area contributed by atoms with Gasteiger partial charge in [0.2, 0.25) is 0 Å². The van der Waals surface area contributed by atoms with Crippen LogP contribution in [0.15, 0.2) is 158 Å². The molecule has 7 heteroatoms. The molecule has 0 unspecified atom stereocenters. The SMILES string of the molecule is COC(=O)C[C@H]1c2c(OCc3ccccc3)cc(OCc3ccccc3)cc2O[C@H](c2ccc(OCc3ccccc3)cc2)[C@@H]1OCc1ccccc1. The summed E-state index contributed by atoms with van der Waals surface area (Å²) in [6.45, 7) is 1.44. The predicted octanol–water partition coefficient (Wildman–Crippen LogP) is 9.79. The number of ether oxygens (including phenoxy) is 6. The Labute approximate surface area is 310 Å². The lowest BCUT2D eigenvalue weighted by Gasteiger charge is -2.40. The minimum Gasteiger partial charge on any atom is -0.489 e. The van der Waals surface area contributed by atoms with Gasteiger partial charge in [0.05, 0.1) is 20.1 Å². The van der Waals surface area contributed by atoms with Gasteiger partial charge in [-0.05, 0) is 39.9 Å². The van der Waals surface area contributed by atoms with Crippen molar-refractivity contribution in [3.8, 4) is 23.0 Å². The van der Waals surface area contributed by atoms with Crippen molar-refractivity contribution in [1.29, 1.82) is 0 Å². The summed E-state index contributed by atoms with van der Waals surface area (Å²) in [5.74, 6) is 1.58. The summed E-state index contributed by atoms with van der Waals surface area (Å²) in [7, 11) is 1.40. The maximum absolute atomic E-state index is 13.2. The maximum atomic E-state index is 13.2. The van der Waals surface area contributed by atoms with Gasteiger partial charge in [0.25, 0.3) is 0 Å². The first-order valence-electron chi connectivity index (χ1n) is 17.8. The number of esters is 1. The van der Waals surface area contributed by atoms with Gasteiger partial charge < -0.3 is 28.4 Å². The number of methoxy groups -OCH3 is 1. The van der Waals surface area contributed by atoms with E-state index >= 15 is 0 Å². The van der Waals surface area contributed by atoms with Crippen LogP contribution in [0.4, 0.5) is 0 Å². The van der Waals surface area contributed by atoms with Gasteiger partial charge in [0.1, 0.15) is 48.9 Å². The summed E-state index contributed by atoms with van der Waals surface area (Å²) < 4.78 is 38.0. The summed E-state index contributed by atoms with van der Waals surface area (Å²) >= 11 is 0. The summed E-state index contributed by atoms with van der Waals surface area (Å²) in [6.07, 6.45) is -1.13. The Bertz CT molecular complexity index is 2040. The molecule has 0 saturated heterocycles. The highest BCUT2D eigenvalue weighted by Gasteiger charge is 2.43. The summed E-state index contributed by atoms with van der Waals surface area (Å²) in [4.78, 5) is 13.2. The second-order valence-corrected chi connectivity index (χ2v) is 12.9. The first kappa shape index (κ1) is 35.4. The molecule has 6 aromatic rings. The van der Waals surface area contributed by atoms with Crippen LogP contribution in [-0.2, 0) is 40.7 Å². The number of rotatable bonds is 15. The number of benzene rings is 6. The second-order valence-electron chi connectivity index (χ2n) is 12.9. The van der Waals surface area contributed by atoms with Crippen molar-refractivity contribution in [2.45, 2.75) is 51.0 Å². The third kappa shape index (κ3) is 9.25. The first-order chi connectivity index (χ1) is 26.1. The minimum absolute atomic E-state index is 0.0486. The molecule has 268 valence electrons. The number of hydrogen-bond acceptors (Lipinski definition) is 7. The molecule has 0 aromatic heterocycles. The highest BCUT2D eigenvalue weighted by molar-refractivity contribution is 5.72. The van der Waals surface area contributed by atoms with E-state index in [9.17, 15) is 4.79 Å². The third-order valence-electron chi connectivity index (χ3n) is 9.24. The quantitative estimate of drug-likeness (QED) is 0.0985. The monoisotopic (exact) mass is 706 g/mol. The normalized spacial score (nSPS) is 16.1. The van der Waals surface area contributed by atoms with E-state index in [1.54, 1.807) is 0 Å². The Morgan fingerprint density at radius 2 is 1.06 bits per heavy atom. The van der Waals surface area contributed by atoms with Crippen LogP contribution in [0, 0.1) is 0 Å². The van der Waals surface area contributed by atoms with Gasteiger partial charge in [0, 0.05) is 23.6 Å². The molecule has 0 bridgehead atoms. The molecule has 3 atom stereocenters. The standard InChI is InChI=1S/C46H42O7/c1-48-43(47)28-40-44-41(51-31-35-18-10-4-11-19-35)26-39(50-30-34-16-8-3-9-17-34)27-42(44)53-45(46(40)52-32-36-20-12-5-13-21-36)37-22-24-38(25-23-37)49-29-33-14-6-2-7-15-33/h2-27,40,45-46H,28-32H2,1H3/t40-,45+,46+/m0/s1. The number of hydrogen-bond donors (Lipinski definition) is 0. The molecule has 1 aliphatic heterocycles. The highest BCUT2D eigenvalue weighted by atomic mass is 16.6. The minimum atomic E-state index is -0.590. The number of carbonyl (C=O) groups excluding carboxylic acids is 1. The molecular formula is C46H42O7. The molecule has 1 heterocycles. The average Bonchev–Trinajstić information content (AvgIpc) is 3.22. The predicted molar refractivity (Wildman–Crippen MR) is 203 cm³/mol. The van der Waals surface area contributed by atoms with Gasteiger partial charge >= 0.3 is 5.97 Å². The smallest absolute Gasteiger partial charge is 0.306 e. The van der Waals surface area contributed by atoms with Crippen LogP contribution in [-0.4, -0.2) is 19.2 Å². The molecule has 53 heavy (non-hydrogen) atoms. The Morgan fingerprint density at radius 1 is 0.566 bits per heavy atom. The lowest BCUT2D eigenvalue weighted by atomic mass is 9.81. The average molecular weight is 707 g/mol. The fourth-order valence-corrected chi connectivity index (χ4v) is 6.50. The van der Waals surface area contributed by atoms with Crippen molar-refractivity contribution < 1.29 is 33.2 Å². The molecule has 0 fully saturated rings. The largest absolute Gasteiger partial charge is 0.489 e. The molecule has 7 rings (SSSR count). The maximum Gasteiger partial charge on any atom is 0.306 e. The van der Waals surface area contributed by atoms with Gasteiger partial charge in [-0.1, -0.05) is 133 Å². The van der Waals surface area contributed by atoms with E-state index in [1.165, 1.54) is 7.11 Å². The van der Waals surface area contributed by atoms with E-state index in [0.29, 0.717) is 43.7 Å². The van der Waals surface area contributed by atoms with E-state index in [1.807, 2.05) is 158 Å². The summed E-state index contributed by atoms with van der Waals surface area (Å²) in [5.41, 5.74) is 5.72. The lowest BCUT2D eigenvalue weighted by Crippen LogP contribution is -2.38. The first-order valence-corrected chi connectivity index (χ1v) is 17.8. The Kier molecular flexibility index (Phi) is 11.6. The molecule has 1 aliphatic rings. The van der Waals surface area contributed by atoms with Crippen molar-refractivity contribution in [2.75, 3.05) is 7.11 Å².